The van der Waals surface area contributed by atoms with E-state index in [0.29, 0.717) is 5.69 Å². The number of sulfonamides is 1. The molecule has 0 saturated heterocycles. The highest BCUT2D eigenvalue weighted by molar-refractivity contribution is 7.92. The van der Waals surface area contributed by atoms with E-state index in [-0.39, 0.29) is 17.3 Å². The second-order valence-corrected chi connectivity index (χ2v) is 9.53. The van der Waals surface area contributed by atoms with E-state index in [1.54, 1.807) is 36.4 Å². The third-order valence-electron chi connectivity index (χ3n) is 5.22. The molecular weight excluding hydrogens is 408 g/mol. The summed E-state index contributed by atoms with van der Waals surface area (Å²) in [6.45, 7) is 7.45. The number of rotatable bonds is 7. The predicted molar refractivity (Wildman–Crippen MR) is 126 cm³/mol. The zero-order valence-electron chi connectivity index (χ0n) is 18.3. The van der Waals surface area contributed by atoms with Crippen LogP contribution in [-0.4, -0.2) is 20.9 Å². The van der Waals surface area contributed by atoms with Crippen LogP contribution in [0.15, 0.2) is 71.6 Å². The number of anilines is 2. The molecular formula is C25H28N2O3S. The maximum atomic E-state index is 13.5. The first-order chi connectivity index (χ1) is 14.7. The molecule has 0 aliphatic heterocycles. The highest BCUT2D eigenvalue weighted by Gasteiger charge is 2.27. The normalized spacial score (nSPS) is 11.2. The van der Waals surface area contributed by atoms with E-state index in [0.717, 1.165) is 38.7 Å². The number of aryl methyl sites for hydroxylation is 4. The zero-order valence-corrected chi connectivity index (χ0v) is 19.2. The second kappa shape index (κ2) is 9.35. The Labute approximate surface area is 184 Å². The highest BCUT2D eigenvalue weighted by atomic mass is 32.2. The summed E-state index contributed by atoms with van der Waals surface area (Å²) in [7, 11) is -3.92. The molecule has 0 atom stereocenters. The first-order valence-electron chi connectivity index (χ1n) is 10.3. The van der Waals surface area contributed by atoms with Gasteiger partial charge in [0.15, 0.2) is 0 Å². The van der Waals surface area contributed by atoms with Crippen LogP contribution in [0.2, 0.25) is 0 Å². The molecule has 1 amide bonds. The molecule has 0 aliphatic carbocycles. The highest BCUT2D eigenvalue weighted by Crippen LogP contribution is 2.26. The molecule has 162 valence electrons. The first-order valence-corrected chi connectivity index (χ1v) is 11.7. The van der Waals surface area contributed by atoms with Gasteiger partial charge in [-0.05, 0) is 62.6 Å². The van der Waals surface area contributed by atoms with E-state index in [1.165, 1.54) is 0 Å². The number of hydrogen-bond acceptors (Lipinski definition) is 3. The summed E-state index contributed by atoms with van der Waals surface area (Å²) in [5.74, 6) is -0.389. The van der Waals surface area contributed by atoms with Crippen LogP contribution in [0.1, 0.15) is 29.2 Å². The number of benzene rings is 3. The van der Waals surface area contributed by atoms with Crippen molar-refractivity contribution >= 4 is 27.3 Å². The molecule has 31 heavy (non-hydrogen) atoms. The van der Waals surface area contributed by atoms with Gasteiger partial charge in [0, 0.05) is 5.69 Å². The molecule has 5 nitrogen and oxygen atoms in total. The van der Waals surface area contributed by atoms with Crippen molar-refractivity contribution in [2.24, 2.45) is 0 Å². The summed E-state index contributed by atoms with van der Waals surface area (Å²) < 4.78 is 28.1. The molecule has 0 saturated carbocycles. The lowest BCUT2D eigenvalue weighted by atomic mass is 10.1. The molecule has 3 aromatic carbocycles. The number of para-hydroxylation sites is 1. The predicted octanol–water partition coefficient (Wildman–Crippen LogP) is 5.01. The molecule has 6 heteroatoms. The minimum Gasteiger partial charge on any atom is -0.324 e. The topological polar surface area (TPSA) is 66.5 Å². The van der Waals surface area contributed by atoms with Crippen molar-refractivity contribution < 1.29 is 13.2 Å². The molecule has 0 bridgehead atoms. The molecule has 3 aromatic rings. The molecule has 0 aromatic heterocycles. The van der Waals surface area contributed by atoms with Crippen molar-refractivity contribution in [3.8, 4) is 0 Å². The average Bonchev–Trinajstić information content (AvgIpc) is 2.74. The Morgan fingerprint density at radius 3 is 2.03 bits per heavy atom. The first kappa shape index (κ1) is 22.6. The second-order valence-electron chi connectivity index (χ2n) is 7.67. The van der Waals surface area contributed by atoms with Gasteiger partial charge in [-0.1, -0.05) is 60.5 Å². The molecule has 0 aliphatic rings. The number of amides is 1. The molecule has 0 heterocycles. The molecule has 0 unspecified atom stereocenters. The lowest BCUT2D eigenvalue weighted by Crippen LogP contribution is -2.38. The fourth-order valence-corrected chi connectivity index (χ4v) is 4.80. The smallest absolute Gasteiger partial charge is 0.264 e. The molecule has 0 spiro atoms. The zero-order chi connectivity index (χ0) is 22.6. The lowest BCUT2D eigenvalue weighted by molar-refractivity contribution is -0.114. The van der Waals surface area contributed by atoms with Crippen molar-refractivity contribution in [3.63, 3.8) is 0 Å². The average molecular weight is 437 g/mol. The summed E-state index contributed by atoms with van der Waals surface area (Å²) in [6.07, 6.45) is 0.765. The maximum absolute atomic E-state index is 13.5. The Morgan fingerprint density at radius 1 is 0.871 bits per heavy atom. The number of carbonyl (C=O) groups excluding carboxylic acids is 1. The fraction of sp³-hybridized carbons (Fsp3) is 0.240. The van der Waals surface area contributed by atoms with Gasteiger partial charge in [0.05, 0.1) is 10.6 Å². The van der Waals surface area contributed by atoms with Crippen molar-refractivity contribution in [1.82, 2.24) is 0 Å². The Hall–Kier alpha value is -3.12. The Balaban J connectivity index is 1.97. The largest absolute Gasteiger partial charge is 0.324 e. The van der Waals surface area contributed by atoms with Crippen LogP contribution < -0.4 is 9.62 Å². The quantitative estimate of drug-likeness (QED) is 0.566. The van der Waals surface area contributed by atoms with Gasteiger partial charge in [-0.25, -0.2) is 8.42 Å². The summed E-state index contributed by atoms with van der Waals surface area (Å²) in [5, 5.41) is 2.93. The van der Waals surface area contributed by atoms with Gasteiger partial charge >= 0.3 is 0 Å². The van der Waals surface area contributed by atoms with Crippen LogP contribution in [0.4, 0.5) is 11.4 Å². The van der Waals surface area contributed by atoms with Gasteiger partial charge in [-0.2, -0.15) is 0 Å². The van der Waals surface area contributed by atoms with E-state index in [4.69, 9.17) is 0 Å². The van der Waals surface area contributed by atoms with Crippen molar-refractivity contribution in [3.05, 3.63) is 89.0 Å². The van der Waals surface area contributed by atoms with Crippen molar-refractivity contribution in [2.75, 3.05) is 16.2 Å². The third kappa shape index (κ3) is 5.14. The number of hydrogen-bond donors (Lipinski definition) is 1. The standard InChI is InChI=1S/C25H28N2O3S/c1-5-21-8-6-7-20(4)25(21)26-24(28)17-27(22-13-9-18(2)10-14-22)31(29,30)23-15-11-19(3)12-16-23/h6-16H,5,17H2,1-4H3,(H,26,28). The van der Waals surface area contributed by atoms with Crippen molar-refractivity contribution in [2.45, 2.75) is 39.0 Å². The van der Waals surface area contributed by atoms with Gasteiger partial charge in [-0.3, -0.25) is 9.10 Å². The third-order valence-corrected chi connectivity index (χ3v) is 7.01. The van der Waals surface area contributed by atoms with E-state index in [2.05, 4.69) is 5.32 Å². The summed E-state index contributed by atoms with van der Waals surface area (Å²) in [6, 6.07) is 19.6. The van der Waals surface area contributed by atoms with Crippen LogP contribution in [0.5, 0.6) is 0 Å². The Kier molecular flexibility index (Phi) is 6.81. The molecule has 3 rings (SSSR count). The van der Waals surface area contributed by atoms with Crippen LogP contribution in [0.3, 0.4) is 0 Å². The van der Waals surface area contributed by atoms with Crippen molar-refractivity contribution in [1.29, 1.82) is 0 Å². The van der Waals surface area contributed by atoms with Gasteiger partial charge in [-0.15, -0.1) is 0 Å². The fourth-order valence-electron chi connectivity index (χ4n) is 3.37. The monoisotopic (exact) mass is 436 g/mol. The Morgan fingerprint density at radius 2 is 1.45 bits per heavy atom. The van der Waals surface area contributed by atoms with E-state index < -0.39 is 10.0 Å². The number of carbonyl (C=O) groups is 1. The van der Waals surface area contributed by atoms with Crippen LogP contribution in [0, 0.1) is 20.8 Å². The molecule has 0 radical (unpaired) electrons. The summed E-state index contributed by atoms with van der Waals surface area (Å²) >= 11 is 0. The molecule has 1 N–H and O–H groups in total. The number of nitrogens with zero attached hydrogens (tertiary/aromatic N) is 1. The Bertz CT molecular complexity index is 1170. The van der Waals surface area contributed by atoms with Gasteiger partial charge in [0.1, 0.15) is 6.54 Å². The van der Waals surface area contributed by atoms with Crippen LogP contribution >= 0.6 is 0 Å². The SMILES string of the molecule is CCc1cccc(C)c1NC(=O)CN(c1ccc(C)cc1)S(=O)(=O)c1ccc(C)cc1. The minimum absolute atomic E-state index is 0.150. The minimum atomic E-state index is -3.92. The van der Waals surface area contributed by atoms with Gasteiger partial charge < -0.3 is 5.32 Å². The van der Waals surface area contributed by atoms with E-state index >= 15 is 0 Å². The summed E-state index contributed by atoms with van der Waals surface area (Å²) in [5.41, 5.74) is 5.11. The molecule has 0 fully saturated rings. The van der Waals surface area contributed by atoms with Crippen LogP contribution in [0.25, 0.3) is 0 Å². The van der Waals surface area contributed by atoms with Gasteiger partial charge in [0.2, 0.25) is 5.91 Å². The van der Waals surface area contributed by atoms with Crippen LogP contribution in [-0.2, 0) is 21.2 Å². The maximum Gasteiger partial charge on any atom is 0.264 e. The number of nitrogens with one attached hydrogen (secondary N) is 1. The van der Waals surface area contributed by atoms with Gasteiger partial charge in [0.25, 0.3) is 10.0 Å². The summed E-state index contributed by atoms with van der Waals surface area (Å²) in [4.78, 5) is 13.1. The lowest BCUT2D eigenvalue weighted by Gasteiger charge is -2.25. The van der Waals surface area contributed by atoms with E-state index in [9.17, 15) is 13.2 Å². The van der Waals surface area contributed by atoms with E-state index in [1.807, 2.05) is 58.0 Å².